The van der Waals surface area contributed by atoms with Gasteiger partial charge in [-0.25, -0.2) is 8.78 Å². The van der Waals surface area contributed by atoms with Crippen molar-refractivity contribution >= 4 is 17.7 Å². The monoisotopic (exact) mass is 398 g/mol. The molecule has 2 aliphatic heterocycles. The fourth-order valence-electron chi connectivity index (χ4n) is 3.60. The predicted molar refractivity (Wildman–Crippen MR) is 106 cm³/mol. The second kappa shape index (κ2) is 9.21. The molecule has 2 atom stereocenters. The zero-order valence-corrected chi connectivity index (χ0v) is 16.5. The van der Waals surface area contributed by atoms with Gasteiger partial charge in [0.2, 0.25) is 0 Å². The van der Waals surface area contributed by atoms with Crippen LogP contribution in [0, 0.1) is 11.6 Å². The fraction of sp³-hybridized carbons (Fsp3) is 0.632. The SMILES string of the molecule is CN=C(NCC1(O)CCSC1)NC1CCCN(Cc2c(F)cccc2F)C1. The molecule has 2 unspecified atom stereocenters. The molecule has 2 fully saturated rings. The van der Waals surface area contributed by atoms with Crippen molar-refractivity contribution in [1.82, 2.24) is 15.5 Å². The van der Waals surface area contributed by atoms with Crippen LogP contribution in [-0.4, -0.2) is 65.8 Å². The van der Waals surface area contributed by atoms with E-state index in [1.807, 2.05) is 0 Å². The first-order chi connectivity index (χ1) is 13.0. The lowest BCUT2D eigenvalue weighted by atomic mass is 10.0. The van der Waals surface area contributed by atoms with Crippen LogP contribution in [0.1, 0.15) is 24.8 Å². The van der Waals surface area contributed by atoms with E-state index in [0.717, 1.165) is 37.3 Å². The summed E-state index contributed by atoms with van der Waals surface area (Å²) in [5.41, 5.74) is -0.551. The van der Waals surface area contributed by atoms with Gasteiger partial charge in [-0.3, -0.25) is 9.89 Å². The van der Waals surface area contributed by atoms with Crippen molar-refractivity contribution in [3.05, 3.63) is 35.4 Å². The van der Waals surface area contributed by atoms with Gasteiger partial charge in [-0.15, -0.1) is 0 Å². The molecule has 1 aromatic rings. The number of halogens is 2. The van der Waals surface area contributed by atoms with Gasteiger partial charge in [0.15, 0.2) is 5.96 Å². The van der Waals surface area contributed by atoms with Gasteiger partial charge in [0.25, 0.3) is 0 Å². The lowest BCUT2D eigenvalue weighted by Crippen LogP contribution is -2.53. The number of nitrogens with one attached hydrogen (secondary N) is 2. The highest BCUT2D eigenvalue weighted by Crippen LogP contribution is 2.27. The zero-order valence-electron chi connectivity index (χ0n) is 15.7. The molecule has 5 nitrogen and oxygen atoms in total. The van der Waals surface area contributed by atoms with Crippen molar-refractivity contribution < 1.29 is 13.9 Å². The Morgan fingerprint density at radius 1 is 1.41 bits per heavy atom. The first-order valence-corrected chi connectivity index (χ1v) is 10.6. The van der Waals surface area contributed by atoms with Crippen LogP contribution in [0.4, 0.5) is 8.78 Å². The zero-order chi connectivity index (χ0) is 19.3. The third kappa shape index (κ3) is 5.56. The van der Waals surface area contributed by atoms with Crippen LogP contribution in [0.2, 0.25) is 0 Å². The van der Waals surface area contributed by atoms with E-state index in [-0.39, 0.29) is 18.2 Å². The molecular formula is C19H28F2N4OS. The van der Waals surface area contributed by atoms with Crippen molar-refractivity contribution in [1.29, 1.82) is 0 Å². The molecule has 0 aromatic heterocycles. The highest BCUT2D eigenvalue weighted by Gasteiger charge is 2.32. The summed E-state index contributed by atoms with van der Waals surface area (Å²) in [4.78, 5) is 6.32. The summed E-state index contributed by atoms with van der Waals surface area (Å²) in [6.07, 6.45) is 2.70. The molecule has 0 aliphatic carbocycles. The van der Waals surface area contributed by atoms with Crippen LogP contribution >= 0.6 is 11.8 Å². The average Bonchev–Trinajstić information content (AvgIpc) is 3.09. The number of aliphatic hydroxyl groups is 1. The molecule has 2 heterocycles. The second-order valence-corrected chi connectivity index (χ2v) is 8.48. The number of benzene rings is 1. The Balaban J connectivity index is 1.52. The van der Waals surface area contributed by atoms with Gasteiger partial charge >= 0.3 is 0 Å². The van der Waals surface area contributed by atoms with Crippen molar-refractivity contribution in [2.75, 3.05) is 38.2 Å². The highest BCUT2D eigenvalue weighted by atomic mass is 32.2. The van der Waals surface area contributed by atoms with Gasteiger partial charge in [-0.1, -0.05) is 6.07 Å². The molecule has 150 valence electrons. The van der Waals surface area contributed by atoms with Crippen LogP contribution in [0.3, 0.4) is 0 Å². The molecule has 0 bridgehead atoms. The first kappa shape index (κ1) is 20.4. The smallest absolute Gasteiger partial charge is 0.191 e. The van der Waals surface area contributed by atoms with E-state index in [4.69, 9.17) is 0 Å². The molecule has 3 N–H and O–H groups in total. The highest BCUT2D eigenvalue weighted by molar-refractivity contribution is 7.99. The molecule has 0 saturated carbocycles. The largest absolute Gasteiger partial charge is 0.387 e. The van der Waals surface area contributed by atoms with E-state index in [0.29, 0.717) is 19.0 Å². The number of piperidine rings is 1. The Hall–Kier alpha value is -1.38. The number of rotatable bonds is 5. The molecule has 3 rings (SSSR count). The molecule has 0 spiro atoms. The maximum absolute atomic E-state index is 13.9. The minimum atomic E-state index is -0.677. The first-order valence-electron chi connectivity index (χ1n) is 9.42. The second-order valence-electron chi connectivity index (χ2n) is 7.37. The van der Waals surface area contributed by atoms with E-state index in [2.05, 4.69) is 20.5 Å². The van der Waals surface area contributed by atoms with Gasteiger partial charge < -0.3 is 15.7 Å². The Morgan fingerprint density at radius 3 is 2.85 bits per heavy atom. The number of nitrogens with zero attached hydrogens (tertiary/aromatic N) is 2. The standard InChI is InChI=1S/C19H28F2N4OS/c1-22-18(23-12-19(26)7-9-27-13-19)24-14-4-3-8-25(10-14)11-15-16(20)5-2-6-17(15)21/h2,5-6,14,26H,3-4,7-13H2,1H3,(H2,22,23,24). The Kier molecular flexibility index (Phi) is 6.94. The van der Waals surface area contributed by atoms with Gasteiger partial charge in [-0.05, 0) is 43.7 Å². The maximum atomic E-state index is 13.9. The summed E-state index contributed by atoms with van der Waals surface area (Å²) >= 11 is 1.76. The summed E-state index contributed by atoms with van der Waals surface area (Å²) < 4.78 is 27.8. The quantitative estimate of drug-likeness (QED) is 0.523. The lowest BCUT2D eigenvalue weighted by molar-refractivity contribution is 0.0722. The molecule has 2 aliphatic rings. The average molecular weight is 399 g/mol. The molecule has 0 radical (unpaired) electrons. The molecule has 1 aromatic carbocycles. The molecule has 27 heavy (non-hydrogen) atoms. The summed E-state index contributed by atoms with van der Waals surface area (Å²) in [6, 6.07) is 4.14. The number of hydrogen-bond acceptors (Lipinski definition) is 4. The predicted octanol–water partition coefficient (Wildman–Crippen LogP) is 1.96. The number of guanidine groups is 1. The van der Waals surface area contributed by atoms with Gasteiger partial charge in [-0.2, -0.15) is 11.8 Å². The molecule has 8 heteroatoms. The summed E-state index contributed by atoms with van der Waals surface area (Å²) in [7, 11) is 1.71. The van der Waals surface area contributed by atoms with Gasteiger partial charge in [0.1, 0.15) is 11.6 Å². The summed E-state index contributed by atoms with van der Waals surface area (Å²) in [6.45, 7) is 2.24. The fourth-order valence-corrected chi connectivity index (χ4v) is 4.89. The maximum Gasteiger partial charge on any atom is 0.191 e. The van der Waals surface area contributed by atoms with Crippen LogP contribution < -0.4 is 10.6 Å². The minimum Gasteiger partial charge on any atom is -0.387 e. The van der Waals surface area contributed by atoms with Gasteiger partial charge in [0, 0.05) is 44.0 Å². The summed E-state index contributed by atoms with van der Waals surface area (Å²) in [5, 5.41) is 17.1. The van der Waals surface area contributed by atoms with Crippen molar-refractivity contribution in [3.63, 3.8) is 0 Å². The summed E-state index contributed by atoms with van der Waals surface area (Å²) in [5.74, 6) is 1.39. The van der Waals surface area contributed by atoms with Crippen molar-refractivity contribution in [2.45, 2.75) is 37.5 Å². The van der Waals surface area contributed by atoms with Gasteiger partial charge in [0.05, 0.1) is 5.60 Å². The Morgan fingerprint density at radius 2 is 2.19 bits per heavy atom. The number of aliphatic imine (C=N–C) groups is 1. The van der Waals surface area contributed by atoms with E-state index < -0.39 is 17.2 Å². The van der Waals surface area contributed by atoms with Crippen molar-refractivity contribution in [2.24, 2.45) is 4.99 Å². The topological polar surface area (TPSA) is 59.9 Å². The van der Waals surface area contributed by atoms with Crippen LogP contribution in [0.25, 0.3) is 0 Å². The Bertz CT molecular complexity index is 647. The Labute approximate surface area is 163 Å². The molecular weight excluding hydrogens is 370 g/mol. The normalized spacial score (nSPS) is 27.0. The molecule has 2 saturated heterocycles. The number of hydrogen-bond donors (Lipinski definition) is 3. The van der Waals surface area contributed by atoms with E-state index >= 15 is 0 Å². The third-order valence-electron chi connectivity index (χ3n) is 5.18. The van der Waals surface area contributed by atoms with Crippen LogP contribution in [0.15, 0.2) is 23.2 Å². The number of thioether (sulfide) groups is 1. The van der Waals surface area contributed by atoms with Crippen LogP contribution in [-0.2, 0) is 6.54 Å². The lowest BCUT2D eigenvalue weighted by Gasteiger charge is -2.34. The van der Waals surface area contributed by atoms with Crippen LogP contribution in [0.5, 0.6) is 0 Å². The van der Waals surface area contributed by atoms with E-state index in [9.17, 15) is 13.9 Å². The minimum absolute atomic E-state index is 0.126. The van der Waals surface area contributed by atoms with Crippen molar-refractivity contribution in [3.8, 4) is 0 Å². The number of likely N-dealkylation sites (tertiary alicyclic amines) is 1. The molecule has 0 amide bonds. The van der Waals surface area contributed by atoms with E-state index in [1.165, 1.54) is 18.2 Å². The third-order valence-corrected chi connectivity index (χ3v) is 6.42. The van der Waals surface area contributed by atoms with E-state index in [1.54, 1.807) is 18.8 Å².